The van der Waals surface area contributed by atoms with Crippen LogP contribution in [0, 0.1) is 6.92 Å². The molecule has 2 amide bonds. The van der Waals surface area contributed by atoms with E-state index in [4.69, 9.17) is 9.47 Å². The average molecular weight is 368 g/mol. The summed E-state index contributed by atoms with van der Waals surface area (Å²) in [5.41, 5.74) is 3.14. The van der Waals surface area contributed by atoms with Crippen LogP contribution in [0.15, 0.2) is 55.1 Å². The Bertz CT molecular complexity index is 800. The first-order valence-electron chi connectivity index (χ1n) is 8.56. The second-order valence-corrected chi connectivity index (χ2v) is 5.96. The minimum Gasteiger partial charge on any atom is -0.489 e. The van der Waals surface area contributed by atoms with Crippen molar-refractivity contribution in [1.29, 1.82) is 0 Å². The van der Waals surface area contributed by atoms with Crippen LogP contribution >= 0.6 is 0 Å². The standard InChI is InChI=1S/C21H24N2O4/c1-4-20(24)22-17-8-6-16(7-9-17)14-21(25)23-18-10-5-15(2)13-19(18)27-12-11-26-3/h4-10,13H,1,11-12,14H2,2-3H3,(H,22,24)(H,23,25). The molecular weight excluding hydrogens is 344 g/mol. The van der Waals surface area contributed by atoms with E-state index < -0.39 is 0 Å². The third-order valence-corrected chi connectivity index (χ3v) is 3.73. The normalized spacial score (nSPS) is 10.1. The second-order valence-electron chi connectivity index (χ2n) is 5.96. The van der Waals surface area contributed by atoms with E-state index in [0.717, 1.165) is 11.1 Å². The van der Waals surface area contributed by atoms with Gasteiger partial charge in [-0.3, -0.25) is 9.59 Å². The van der Waals surface area contributed by atoms with E-state index in [-0.39, 0.29) is 18.2 Å². The minimum absolute atomic E-state index is 0.154. The zero-order valence-electron chi connectivity index (χ0n) is 15.6. The van der Waals surface area contributed by atoms with Crippen molar-refractivity contribution < 1.29 is 19.1 Å². The maximum absolute atomic E-state index is 12.4. The predicted molar refractivity (Wildman–Crippen MR) is 106 cm³/mol. The van der Waals surface area contributed by atoms with Gasteiger partial charge in [-0.05, 0) is 48.4 Å². The number of amides is 2. The zero-order valence-corrected chi connectivity index (χ0v) is 15.6. The summed E-state index contributed by atoms with van der Waals surface area (Å²) in [6.07, 6.45) is 1.41. The Labute approximate surface area is 159 Å². The van der Waals surface area contributed by atoms with Gasteiger partial charge in [0.1, 0.15) is 12.4 Å². The smallest absolute Gasteiger partial charge is 0.247 e. The lowest BCUT2D eigenvalue weighted by Gasteiger charge is -2.13. The number of carbonyl (C=O) groups excluding carboxylic acids is 2. The summed E-state index contributed by atoms with van der Waals surface area (Å²) >= 11 is 0. The van der Waals surface area contributed by atoms with E-state index >= 15 is 0 Å². The van der Waals surface area contributed by atoms with E-state index in [1.54, 1.807) is 31.4 Å². The van der Waals surface area contributed by atoms with E-state index in [9.17, 15) is 9.59 Å². The molecule has 0 heterocycles. The molecule has 2 N–H and O–H groups in total. The van der Waals surface area contributed by atoms with E-state index in [1.807, 2.05) is 25.1 Å². The van der Waals surface area contributed by atoms with Crippen molar-refractivity contribution in [2.45, 2.75) is 13.3 Å². The molecular formula is C21H24N2O4. The third-order valence-electron chi connectivity index (χ3n) is 3.73. The molecule has 0 spiro atoms. The van der Waals surface area contributed by atoms with Gasteiger partial charge in [0, 0.05) is 12.8 Å². The van der Waals surface area contributed by atoms with Gasteiger partial charge in [-0.25, -0.2) is 0 Å². The molecule has 2 rings (SSSR count). The van der Waals surface area contributed by atoms with E-state index in [2.05, 4.69) is 17.2 Å². The fourth-order valence-electron chi connectivity index (χ4n) is 2.37. The number of carbonyl (C=O) groups is 2. The number of ether oxygens (including phenoxy) is 2. The Morgan fingerprint density at radius 2 is 1.81 bits per heavy atom. The number of rotatable bonds is 9. The molecule has 0 aliphatic carbocycles. The summed E-state index contributed by atoms with van der Waals surface area (Å²) in [6.45, 7) is 6.24. The van der Waals surface area contributed by atoms with Gasteiger partial charge in [0.2, 0.25) is 11.8 Å². The van der Waals surface area contributed by atoms with Crippen LogP contribution in [-0.2, 0) is 20.7 Å². The number of methoxy groups -OCH3 is 1. The Kier molecular flexibility index (Phi) is 7.58. The van der Waals surface area contributed by atoms with Crippen LogP contribution < -0.4 is 15.4 Å². The topological polar surface area (TPSA) is 76.7 Å². The highest BCUT2D eigenvalue weighted by atomic mass is 16.5. The number of benzene rings is 2. The van der Waals surface area contributed by atoms with Crippen molar-refractivity contribution in [1.82, 2.24) is 0 Å². The highest BCUT2D eigenvalue weighted by Crippen LogP contribution is 2.26. The van der Waals surface area contributed by atoms with Crippen molar-refractivity contribution in [3.05, 3.63) is 66.2 Å². The van der Waals surface area contributed by atoms with Crippen LogP contribution in [0.3, 0.4) is 0 Å². The molecule has 6 heteroatoms. The Balaban J connectivity index is 1.99. The first kappa shape index (κ1) is 20.2. The first-order chi connectivity index (χ1) is 13.0. The van der Waals surface area contributed by atoms with Crippen molar-refractivity contribution in [2.75, 3.05) is 31.0 Å². The maximum atomic E-state index is 12.4. The van der Waals surface area contributed by atoms with E-state index in [1.165, 1.54) is 6.08 Å². The van der Waals surface area contributed by atoms with Gasteiger partial charge in [0.15, 0.2) is 0 Å². The van der Waals surface area contributed by atoms with Crippen molar-refractivity contribution >= 4 is 23.2 Å². The summed E-state index contributed by atoms with van der Waals surface area (Å²) in [5, 5.41) is 5.55. The molecule has 27 heavy (non-hydrogen) atoms. The number of aryl methyl sites for hydroxylation is 1. The molecule has 0 bridgehead atoms. The molecule has 0 aliphatic rings. The average Bonchev–Trinajstić information content (AvgIpc) is 2.65. The first-order valence-corrected chi connectivity index (χ1v) is 8.56. The highest BCUT2D eigenvalue weighted by molar-refractivity contribution is 5.99. The molecule has 142 valence electrons. The SMILES string of the molecule is C=CC(=O)Nc1ccc(CC(=O)Nc2ccc(C)cc2OCCOC)cc1. The maximum Gasteiger partial charge on any atom is 0.247 e. The lowest BCUT2D eigenvalue weighted by atomic mass is 10.1. The van der Waals surface area contributed by atoms with Crippen LogP contribution in [0.2, 0.25) is 0 Å². The van der Waals surface area contributed by atoms with Gasteiger partial charge in [-0.1, -0.05) is 24.8 Å². The molecule has 6 nitrogen and oxygen atoms in total. The quantitative estimate of drug-likeness (QED) is 0.526. The Morgan fingerprint density at radius 1 is 1.07 bits per heavy atom. The van der Waals surface area contributed by atoms with Gasteiger partial charge in [0.05, 0.1) is 18.7 Å². The van der Waals surface area contributed by atoms with Gasteiger partial charge in [0.25, 0.3) is 0 Å². The third kappa shape index (κ3) is 6.60. The van der Waals surface area contributed by atoms with Crippen LogP contribution in [0.1, 0.15) is 11.1 Å². The van der Waals surface area contributed by atoms with Crippen molar-refractivity contribution in [3.63, 3.8) is 0 Å². The highest BCUT2D eigenvalue weighted by Gasteiger charge is 2.10. The molecule has 2 aromatic carbocycles. The molecule has 0 saturated heterocycles. The van der Waals surface area contributed by atoms with Gasteiger partial charge < -0.3 is 20.1 Å². The van der Waals surface area contributed by atoms with Crippen molar-refractivity contribution in [2.24, 2.45) is 0 Å². The predicted octanol–water partition coefficient (Wildman–Crippen LogP) is 3.33. The molecule has 0 fully saturated rings. The molecule has 2 aromatic rings. The fourth-order valence-corrected chi connectivity index (χ4v) is 2.37. The molecule has 0 aromatic heterocycles. The largest absolute Gasteiger partial charge is 0.489 e. The number of hydrogen-bond acceptors (Lipinski definition) is 4. The lowest BCUT2D eigenvalue weighted by Crippen LogP contribution is -2.16. The molecule has 0 saturated carbocycles. The number of hydrogen-bond donors (Lipinski definition) is 2. The van der Waals surface area contributed by atoms with Gasteiger partial charge >= 0.3 is 0 Å². The second kappa shape index (κ2) is 10.1. The van der Waals surface area contributed by atoms with Crippen LogP contribution in [0.4, 0.5) is 11.4 Å². The molecule has 0 unspecified atom stereocenters. The van der Waals surface area contributed by atoms with Crippen LogP contribution in [-0.4, -0.2) is 32.1 Å². The molecule has 0 atom stereocenters. The molecule has 0 radical (unpaired) electrons. The van der Waals surface area contributed by atoms with Crippen LogP contribution in [0.5, 0.6) is 5.75 Å². The lowest BCUT2D eigenvalue weighted by molar-refractivity contribution is -0.115. The summed E-state index contributed by atoms with van der Waals surface area (Å²) in [6, 6.07) is 12.7. The minimum atomic E-state index is -0.277. The Morgan fingerprint density at radius 3 is 2.48 bits per heavy atom. The summed E-state index contributed by atoms with van der Waals surface area (Å²) in [5.74, 6) is 0.182. The zero-order chi connectivity index (χ0) is 19.6. The van der Waals surface area contributed by atoms with Crippen LogP contribution in [0.25, 0.3) is 0 Å². The van der Waals surface area contributed by atoms with E-state index in [0.29, 0.717) is 30.3 Å². The monoisotopic (exact) mass is 368 g/mol. The van der Waals surface area contributed by atoms with Crippen molar-refractivity contribution in [3.8, 4) is 5.75 Å². The van der Waals surface area contributed by atoms with Gasteiger partial charge in [-0.15, -0.1) is 0 Å². The fraction of sp³-hybridized carbons (Fsp3) is 0.238. The number of anilines is 2. The number of nitrogens with one attached hydrogen (secondary N) is 2. The summed E-state index contributed by atoms with van der Waals surface area (Å²) < 4.78 is 10.7. The Hall–Kier alpha value is -3.12. The summed E-state index contributed by atoms with van der Waals surface area (Å²) in [7, 11) is 1.61. The molecule has 0 aliphatic heterocycles. The summed E-state index contributed by atoms with van der Waals surface area (Å²) in [4.78, 5) is 23.7. The van der Waals surface area contributed by atoms with Gasteiger partial charge in [-0.2, -0.15) is 0 Å².